The molecule has 10 heteroatoms. The second-order valence-corrected chi connectivity index (χ2v) is 8.75. The molecule has 0 fully saturated rings. The van der Waals surface area contributed by atoms with Crippen LogP contribution in [0.3, 0.4) is 0 Å². The van der Waals surface area contributed by atoms with Gasteiger partial charge in [-0.15, -0.1) is 0 Å². The molecule has 0 radical (unpaired) electrons. The molecule has 3 rings (SSSR count). The van der Waals surface area contributed by atoms with E-state index in [1.54, 1.807) is 12.1 Å². The number of carbonyl (C=O) groups excluding carboxylic acids is 3. The third kappa shape index (κ3) is 3.51. The fourth-order valence-electron chi connectivity index (χ4n) is 2.70. The lowest BCUT2D eigenvalue weighted by Gasteiger charge is -2.16. The summed E-state index contributed by atoms with van der Waals surface area (Å²) < 4.78 is 25.6. The first-order chi connectivity index (χ1) is 13.1. The molecule has 3 amide bonds. The zero-order chi connectivity index (χ0) is 20.6. The lowest BCUT2D eigenvalue weighted by molar-refractivity contribution is -0.116. The molecule has 2 aromatic carbocycles. The van der Waals surface area contributed by atoms with Gasteiger partial charge in [-0.1, -0.05) is 23.7 Å². The van der Waals surface area contributed by atoms with Crippen LogP contribution >= 0.6 is 11.6 Å². The zero-order valence-electron chi connectivity index (χ0n) is 15.0. The molecule has 0 aromatic heterocycles. The minimum absolute atomic E-state index is 0.00653. The molecule has 0 spiro atoms. The van der Waals surface area contributed by atoms with Crippen molar-refractivity contribution in [2.75, 3.05) is 26.0 Å². The number of hydrogen-bond donors (Lipinski definition) is 1. The van der Waals surface area contributed by atoms with Crippen molar-refractivity contribution in [2.45, 2.75) is 4.90 Å². The number of imide groups is 1. The van der Waals surface area contributed by atoms with Crippen molar-refractivity contribution < 1.29 is 22.8 Å². The summed E-state index contributed by atoms with van der Waals surface area (Å²) in [4.78, 5) is 37.7. The Morgan fingerprint density at radius 2 is 1.64 bits per heavy atom. The van der Waals surface area contributed by atoms with E-state index >= 15 is 0 Å². The molecule has 0 saturated heterocycles. The van der Waals surface area contributed by atoms with Gasteiger partial charge >= 0.3 is 0 Å². The minimum Gasteiger partial charge on any atom is -0.324 e. The van der Waals surface area contributed by atoms with Gasteiger partial charge in [-0.2, -0.15) is 0 Å². The highest BCUT2D eigenvalue weighted by molar-refractivity contribution is 7.89. The number of nitrogens with one attached hydrogen (secondary N) is 1. The van der Waals surface area contributed by atoms with Crippen LogP contribution in [0.4, 0.5) is 5.69 Å². The van der Waals surface area contributed by atoms with Crippen LogP contribution in [0, 0.1) is 0 Å². The first-order valence-electron chi connectivity index (χ1n) is 8.10. The van der Waals surface area contributed by atoms with Crippen molar-refractivity contribution in [3.63, 3.8) is 0 Å². The Morgan fingerprint density at radius 3 is 2.18 bits per heavy atom. The van der Waals surface area contributed by atoms with Gasteiger partial charge < -0.3 is 5.32 Å². The Labute approximate surface area is 166 Å². The Hall–Kier alpha value is -2.75. The molecule has 0 saturated carbocycles. The second-order valence-electron chi connectivity index (χ2n) is 6.22. The third-order valence-electron chi connectivity index (χ3n) is 4.15. The summed E-state index contributed by atoms with van der Waals surface area (Å²) in [6.45, 7) is -0.495. The number of halogens is 1. The van der Waals surface area contributed by atoms with Crippen LogP contribution in [0.1, 0.15) is 20.7 Å². The van der Waals surface area contributed by atoms with Gasteiger partial charge in [0.1, 0.15) is 11.4 Å². The largest absolute Gasteiger partial charge is 0.324 e. The summed E-state index contributed by atoms with van der Waals surface area (Å²) in [6.07, 6.45) is 0. The van der Waals surface area contributed by atoms with Crippen LogP contribution in [0.5, 0.6) is 0 Å². The smallest absolute Gasteiger partial charge is 0.262 e. The molecule has 28 heavy (non-hydrogen) atoms. The fraction of sp³-hybridized carbons (Fsp3) is 0.167. The van der Waals surface area contributed by atoms with E-state index in [4.69, 9.17) is 11.6 Å². The maximum absolute atomic E-state index is 12.3. The molecule has 1 heterocycles. The molecule has 8 nitrogen and oxygen atoms in total. The summed E-state index contributed by atoms with van der Waals surface area (Å²) >= 11 is 5.97. The lowest BCUT2D eigenvalue weighted by Crippen LogP contribution is -2.37. The molecule has 0 bridgehead atoms. The molecule has 0 atom stereocenters. The molecule has 2 aromatic rings. The van der Waals surface area contributed by atoms with E-state index in [1.807, 2.05) is 0 Å². The Balaban J connectivity index is 1.78. The summed E-state index contributed by atoms with van der Waals surface area (Å²) in [5.74, 6) is -1.75. The van der Waals surface area contributed by atoms with Crippen LogP contribution < -0.4 is 5.32 Å². The van der Waals surface area contributed by atoms with Gasteiger partial charge in [-0.25, -0.2) is 12.7 Å². The second kappa shape index (κ2) is 7.34. The van der Waals surface area contributed by atoms with Crippen LogP contribution in [0.15, 0.2) is 47.4 Å². The van der Waals surface area contributed by atoms with E-state index in [-0.39, 0.29) is 26.7 Å². The van der Waals surface area contributed by atoms with Gasteiger partial charge in [-0.3, -0.25) is 19.3 Å². The van der Waals surface area contributed by atoms with Crippen LogP contribution in [-0.2, 0) is 14.8 Å². The summed E-state index contributed by atoms with van der Waals surface area (Å²) in [6, 6.07) is 10.3. The highest BCUT2D eigenvalue weighted by atomic mass is 35.5. The number of nitrogens with zero attached hydrogens (tertiary/aromatic N) is 2. The lowest BCUT2D eigenvalue weighted by atomic mass is 10.1. The highest BCUT2D eigenvalue weighted by Crippen LogP contribution is 2.27. The van der Waals surface area contributed by atoms with E-state index in [9.17, 15) is 22.8 Å². The number of fused-ring (bicyclic) bond motifs is 1. The summed E-state index contributed by atoms with van der Waals surface area (Å²) in [5, 5.41) is 2.50. The van der Waals surface area contributed by atoms with Gasteiger partial charge in [-0.05, 0) is 30.3 Å². The van der Waals surface area contributed by atoms with Crippen molar-refractivity contribution >= 4 is 45.0 Å². The molecular weight excluding hydrogens is 406 g/mol. The maximum Gasteiger partial charge on any atom is 0.262 e. The summed E-state index contributed by atoms with van der Waals surface area (Å²) in [5.41, 5.74) is 0.656. The Bertz CT molecular complexity index is 1060. The topological polar surface area (TPSA) is 104 Å². The number of anilines is 1. The van der Waals surface area contributed by atoms with Gasteiger partial charge in [0.2, 0.25) is 15.9 Å². The number of carbonyl (C=O) groups is 3. The van der Waals surface area contributed by atoms with E-state index in [1.165, 1.54) is 44.4 Å². The standard InChI is InChI=1S/C18H16ClN3O5S/c1-21(2)28(26,27)15-9-11(7-8-14(15)19)20-16(23)10-22-17(24)12-5-3-4-6-13(12)18(22)25/h3-9H,10H2,1-2H3,(H,20,23). The van der Waals surface area contributed by atoms with Crippen LogP contribution in [0.2, 0.25) is 5.02 Å². The normalized spacial score (nSPS) is 13.8. The van der Waals surface area contributed by atoms with Crippen molar-refractivity contribution in [3.05, 3.63) is 58.6 Å². The number of sulfonamides is 1. The Kier molecular flexibility index (Phi) is 5.24. The number of amides is 3. The third-order valence-corrected chi connectivity index (χ3v) is 6.45. The first kappa shape index (κ1) is 20.0. The van der Waals surface area contributed by atoms with Gasteiger partial charge in [0.05, 0.1) is 16.1 Å². The fourth-order valence-corrected chi connectivity index (χ4v) is 4.10. The minimum atomic E-state index is -3.81. The average molecular weight is 422 g/mol. The highest BCUT2D eigenvalue weighted by Gasteiger charge is 2.36. The first-order valence-corrected chi connectivity index (χ1v) is 9.92. The SMILES string of the molecule is CN(C)S(=O)(=O)c1cc(NC(=O)CN2C(=O)c3ccccc3C2=O)ccc1Cl. The molecule has 1 N–H and O–H groups in total. The number of benzene rings is 2. The Morgan fingerprint density at radius 1 is 1.07 bits per heavy atom. The van der Waals surface area contributed by atoms with Gasteiger partial charge in [0, 0.05) is 19.8 Å². The van der Waals surface area contributed by atoms with Crippen LogP contribution in [-0.4, -0.2) is 56.0 Å². The zero-order valence-corrected chi connectivity index (χ0v) is 16.5. The average Bonchev–Trinajstić information content (AvgIpc) is 2.88. The van der Waals surface area contributed by atoms with Crippen molar-refractivity contribution in [1.29, 1.82) is 0 Å². The van der Waals surface area contributed by atoms with E-state index in [2.05, 4.69) is 5.32 Å². The van der Waals surface area contributed by atoms with E-state index < -0.39 is 34.3 Å². The molecule has 146 valence electrons. The van der Waals surface area contributed by atoms with Crippen LogP contribution in [0.25, 0.3) is 0 Å². The van der Waals surface area contributed by atoms with Crippen molar-refractivity contribution in [2.24, 2.45) is 0 Å². The van der Waals surface area contributed by atoms with Gasteiger partial charge in [0.25, 0.3) is 11.8 Å². The number of rotatable bonds is 5. The van der Waals surface area contributed by atoms with E-state index in [0.717, 1.165) is 9.21 Å². The molecular formula is C18H16ClN3O5S. The van der Waals surface area contributed by atoms with Crippen molar-refractivity contribution in [3.8, 4) is 0 Å². The van der Waals surface area contributed by atoms with Gasteiger partial charge in [0.15, 0.2) is 0 Å². The van der Waals surface area contributed by atoms with E-state index in [0.29, 0.717) is 0 Å². The molecule has 1 aliphatic heterocycles. The quantitative estimate of drug-likeness (QED) is 0.741. The predicted molar refractivity (Wildman–Crippen MR) is 103 cm³/mol. The predicted octanol–water partition coefficient (Wildman–Crippen LogP) is 1.82. The molecule has 1 aliphatic rings. The monoisotopic (exact) mass is 421 g/mol. The molecule has 0 aliphatic carbocycles. The molecule has 0 unspecified atom stereocenters. The number of hydrogen-bond acceptors (Lipinski definition) is 5. The maximum atomic E-state index is 12.3. The summed E-state index contributed by atoms with van der Waals surface area (Å²) in [7, 11) is -1.09. The van der Waals surface area contributed by atoms with Crippen molar-refractivity contribution in [1.82, 2.24) is 9.21 Å².